The highest BCUT2D eigenvalue weighted by Crippen LogP contribution is 2.16. The van der Waals surface area contributed by atoms with Crippen LogP contribution in [0.5, 0.6) is 0 Å². The molecule has 0 aromatic heterocycles. The summed E-state index contributed by atoms with van der Waals surface area (Å²) in [6.07, 6.45) is 2.27. The van der Waals surface area contributed by atoms with Crippen LogP contribution in [-0.4, -0.2) is 37.0 Å². The predicted molar refractivity (Wildman–Crippen MR) is 69.1 cm³/mol. The molecule has 0 radical (unpaired) electrons. The first-order chi connectivity index (χ1) is 8.15. The van der Waals surface area contributed by atoms with E-state index in [-0.39, 0.29) is 5.91 Å². The number of amides is 1. The summed E-state index contributed by atoms with van der Waals surface area (Å²) in [5.74, 6) is -0.378. The van der Waals surface area contributed by atoms with Crippen LogP contribution in [0.4, 0.5) is 5.69 Å². The normalized spacial score (nSPS) is 17.9. The summed E-state index contributed by atoms with van der Waals surface area (Å²) in [6, 6.07) is 7.89. The van der Waals surface area contributed by atoms with E-state index in [9.17, 15) is 4.79 Å². The Morgan fingerprint density at radius 1 is 1.41 bits per heavy atom. The third-order valence-corrected chi connectivity index (χ3v) is 3.24. The Morgan fingerprint density at radius 3 is 2.76 bits per heavy atom. The van der Waals surface area contributed by atoms with Crippen LogP contribution >= 0.6 is 0 Å². The van der Waals surface area contributed by atoms with Gasteiger partial charge < -0.3 is 16.0 Å². The van der Waals surface area contributed by atoms with Crippen LogP contribution in [0, 0.1) is 0 Å². The van der Waals surface area contributed by atoms with E-state index in [4.69, 9.17) is 5.73 Å². The van der Waals surface area contributed by atoms with Crippen molar-refractivity contribution in [3.63, 3.8) is 0 Å². The van der Waals surface area contributed by atoms with Gasteiger partial charge in [-0.2, -0.15) is 0 Å². The lowest BCUT2D eigenvalue weighted by molar-refractivity contribution is 0.100. The zero-order valence-electron chi connectivity index (χ0n) is 10.1. The van der Waals surface area contributed by atoms with Gasteiger partial charge in [0.05, 0.1) is 0 Å². The first kappa shape index (κ1) is 11.9. The van der Waals surface area contributed by atoms with Crippen LogP contribution in [0.3, 0.4) is 0 Å². The van der Waals surface area contributed by atoms with Crippen molar-refractivity contribution in [2.45, 2.75) is 18.9 Å². The van der Waals surface area contributed by atoms with Crippen LogP contribution in [-0.2, 0) is 0 Å². The Hall–Kier alpha value is -1.55. The molecule has 1 aromatic carbocycles. The molecule has 1 heterocycles. The minimum Gasteiger partial charge on any atom is -0.382 e. The van der Waals surface area contributed by atoms with Crippen molar-refractivity contribution < 1.29 is 4.79 Å². The number of nitrogens with two attached hydrogens (primary N) is 1. The molecule has 0 atom stereocenters. The minimum absolute atomic E-state index is 0.378. The van der Waals surface area contributed by atoms with E-state index in [2.05, 4.69) is 17.3 Å². The number of anilines is 1. The lowest BCUT2D eigenvalue weighted by Crippen LogP contribution is -2.36. The Morgan fingerprint density at radius 2 is 2.12 bits per heavy atom. The third kappa shape index (κ3) is 3.20. The van der Waals surface area contributed by atoms with E-state index >= 15 is 0 Å². The number of hydrogen-bond donors (Lipinski definition) is 2. The van der Waals surface area contributed by atoms with E-state index in [1.807, 2.05) is 18.2 Å². The number of nitrogens with zero attached hydrogens (tertiary/aromatic N) is 1. The molecule has 17 heavy (non-hydrogen) atoms. The molecule has 2 rings (SSSR count). The fourth-order valence-corrected chi connectivity index (χ4v) is 2.15. The molecule has 0 unspecified atom stereocenters. The predicted octanol–water partition coefficient (Wildman–Crippen LogP) is 1.29. The molecule has 4 nitrogen and oxygen atoms in total. The lowest BCUT2D eigenvalue weighted by atomic mass is 10.0. The van der Waals surface area contributed by atoms with E-state index < -0.39 is 0 Å². The maximum Gasteiger partial charge on any atom is 0.248 e. The molecule has 0 spiro atoms. The fourth-order valence-electron chi connectivity index (χ4n) is 2.15. The highest BCUT2D eigenvalue weighted by Gasteiger charge is 2.16. The summed E-state index contributed by atoms with van der Waals surface area (Å²) < 4.78 is 0. The van der Waals surface area contributed by atoms with Gasteiger partial charge in [0, 0.05) is 17.3 Å². The number of carbonyl (C=O) groups is 1. The fraction of sp³-hybridized carbons (Fsp3) is 0.462. The van der Waals surface area contributed by atoms with Crippen LogP contribution in [0.1, 0.15) is 23.2 Å². The van der Waals surface area contributed by atoms with Gasteiger partial charge in [0.15, 0.2) is 0 Å². The lowest BCUT2D eigenvalue weighted by Gasteiger charge is -2.30. The molecule has 0 saturated carbocycles. The van der Waals surface area contributed by atoms with Crippen molar-refractivity contribution in [2.24, 2.45) is 5.73 Å². The summed E-state index contributed by atoms with van der Waals surface area (Å²) in [5, 5.41) is 3.46. The first-order valence-electron chi connectivity index (χ1n) is 6.00. The summed E-state index contributed by atoms with van der Waals surface area (Å²) in [6.45, 7) is 2.24. The highest BCUT2D eigenvalue weighted by molar-refractivity contribution is 5.93. The number of rotatable bonds is 3. The SMILES string of the molecule is CN1CCC(Nc2cccc(C(N)=O)c2)CC1. The number of hydrogen-bond acceptors (Lipinski definition) is 3. The van der Waals surface area contributed by atoms with Crippen LogP contribution in [0.25, 0.3) is 0 Å². The van der Waals surface area contributed by atoms with Crippen LogP contribution < -0.4 is 11.1 Å². The topological polar surface area (TPSA) is 58.4 Å². The monoisotopic (exact) mass is 233 g/mol. The van der Waals surface area contributed by atoms with Crippen LogP contribution in [0.2, 0.25) is 0 Å². The van der Waals surface area contributed by atoms with Gasteiger partial charge in [-0.15, -0.1) is 0 Å². The number of nitrogens with one attached hydrogen (secondary N) is 1. The van der Waals surface area contributed by atoms with E-state index in [0.29, 0.717) is 11.6 Å². The average Bonchev–Trinajstić information content (AvgIpc) is 2.32. The molecule has 0 bridgehead atoms. The Balaban J connectivity index is 1.98. The second-order valence-corrected chi connectivity index (χ2v) is 4.67. The van der Waals surface area contributed by atoms with Crippen molar-refractivity contribution in [2.75, 3.05) is 25.5 Å². The average molecular weight is 233 g/mol. The van der Waals surface area contributed by atoms with Crippen LogP contribution in [0.15, 0.2) is 24.3 Å². The second kappa shape index (κ2) is 5.19. The molecule has 3 N–H and O–H groups in total. The number of carbonyl (C=O) groups excluding carboxylic acids is 1. The van der Waals surface area contributed by atoms with Gasteiger partial charge in [0.1, 0.15) is 0 Å². The zero-order valence-corrected chi connectivity index (χ0v) is 10.1. The van der Waals surface area contributed by atoms with Gasteiger partial charge in [-0.3, -0.25) is 4.79 Å². The highest BCUT2D eigenvalue weighted by atomic mass is 16.1. The Kier molecular flexibility index (Phi) is 3.64. The van der Waals surface area contributed by atoms with Crippen molar-refractivity contribution in [3.8, 4) is 0 Å². The summed E-state index contributed by atoms with van der Waals surface area (Å²) >= 11 is 0. The van der Waals surface area contributed by atoms with Gasteiger partial charge in [0.25, 0.3) is 0 Å². The quantitative estimate of drug-likeness (QED) is 0.827. The van der Waals surface area contributed by atoms with Gasteiger partial charge >= 0.3 is 0 Å². The molecule has 1 aliphatic rings. The minimum atomic E-state index is -0.378. The Labute approximate surface area is 102 Å². The molecule has 1 aliphatic heterocycles. The van der Waals surface area contributed by atoms with Gasteiger partial charge in [-0.25, -0.2) is 0 Å². The van der Waals surface area contributed by atoms with Gasteiger partial charge in [-0.05, 0) is 51.2 Å². The van der Waals surface area contributed by atoms with Crippen molar-refractivity contribution in [1.29, 1.82) is 0 Å². The standard InChI is InChI=1S/C13H19N3O/c1-16-7-5-11(6-8-16)15-12-4-2-3-10(9-12)13(14)17/h2-4,9,11,15H,5-8H2,1H3,(H2,14,17). The van der Waals surface area contributed by atoms with Crippen molar-refractivity contribution in [1.82, 2.24) is 4.90 Å². The van der Waals surface area contributed by atoms with E-state index in [1.54, 1.807) is 6.07 Å². The molecule has 4 heteroatoms. The molecule has 92 valence electrons. The number of benzene rings is 1. The van der Waals surface area contributed by atoms with E-state index in [0.717, 1.165) is 31.6 Å². The smallest absolute Gasteiger partial charge is 0.248 e. The maximum absolute atomic E-state index is 11.1. The molecule has 0 aliphatic carbocycles. The van der Waals surface area contributed by atoms with Crippen molar-refractivity contribution in [3.05, 3.63) is 29.8 Å². The second-order valence-electron chi connectivity index (χ2n) is 4.67. The molecule has 1 amide bonds. The van der Waals surface area contributed by atoms with Gasteiger partial charge in [-0.1, -0.05) is 6.07 Å². The third-order valence-electron chi connectivity index (χ3n) is 3.24. The number of likely N-dealkylation sites (tertiary alicyclic amines) is 1. The number of primary amides is 1. The molecule has 1 fully saturated rings. The summed E-state index contributed by atoms with van der Waals surface area (Å²) in [5.41, 5.74) is 6.80. The molecule has 1 saturated heterocycles. The molecule has 1 aromatic rings. The molecular formula is C13H19N3O. The largest absolute Gasteiger partial charge is 0.382 e. The maximum atomic E-state index is 11.1. The van der Waals surface area contributed by atoms with E-state index in [1.165, 1.54) is 0 Å². The summed E-state index contributed by atoms with van der Waals surface area (Å²) in [7, 11) is 2.14. The zero-order chi connectivity index (χ0) is 12.3. The first-order valence-corrected chi connectivity index (χ1v) is 6.00. The summed E-state index contributed by atoms with van der Waals surface area (Å²) in [4.78, 5) is 13.4. The molecular weight excluding hydrogens is 214 g/mol. The number of piperidine rings is 1. The van der Waals surface area contributed by atoms with Gasteiger partial charge in [0.2, 0.25) is 5.91 Å². The Bertz CT molecular complexity index is 397. The van der Waals surface area contributed by atoms with Crippen molar-refractivity contribution >= 4 is 11.6 Å².